The molecule has 2 aromatic rings. The molecule has 0 aliphatic carbocycles. The first-order valence-electron chi connectivity index (χ1n) is 5.61. The second kappa shape index (κ2) is 6.16. The SMILES string of the molecule is N#CC[N+](=NNc1ccccc1)c1ccccc1. The minimum Gasteiger partial charge on any atom is -0.194 e. The lowest BCUT2D eigenvalue weighted by Gasteiger charge is -1.99. The normalized spacial score (nSPS) is 10.7. The summed E-state index contributed by atoms with van der Waals surface area (Å²) in [7, 11) is 0. The Kier molecular flexibility index (Phi) is 4.04. The number of nitriles is 1. The van der Waals surface area contributed by atoms with Crippen molar-refractivity contribution in [2.24, 2.45) is 5.22 Å². The Hall–Kier alpha value is -2.67. The van der Waals surface area contributed by atoms with Crippen molar-refractivity contribution in [3.05, 3.63) is 60.7 Å². The van der Waals surface area contributed by atoms with Gasteiger partial charge in [-0.2, -0.15) is 5.26 Å². The molecule has 0 fully saturated rings. The van der Waals surface area contributed by atoms with Gasteiger partial charge < -0.3 is 0 Å². The highest BCUT2D eigenvalue weighted by molar-refractivity contribution is 5.41. The van der Waals surface area contributed by atoms with Gasteiger partial charge >= 0.3 is 0 Å². The summed E-state index contributed by atoms with van der Waals surface area (Å²) in [6, 6.07) is 21.3. The molecule has 88 valence electrons. The highest BCUT2D eigenvalue weighted by Crippen LogP contribution is 2.11. The van der Waals surface area contributed by atoms with Crippen LogP contribution in [0.3, 0.4) is 0 Å². The van der Waals surface area contributed by atoms with Crippen LogP contribution in [0.25, 0.3) is 0 Å². The zero-order valence-corrected chi connectivity index (χ0v) is 9.82. The van der Waals surface area contributed by atoms with Gasteiger partial charge in [0.25, 0.3) is 0 Å². The van der Waals surface area contributed by atoms with Gasteiger partial charge in [-0.1, -0.05) is 36.4 Å². The number of nitrogens with one attached hydrogen (secondary N) is 1. The molecule has 0 unspecified atom stereocenters. The third-order valence-electron chi connectivity index (χ3n) is 2.35. The standard InChI is InChI=1S/C14H12N4/c15-11-12-18(14-9-5-2-6-10-14)17-16-13-7-3-1-4-8-13/h1-10H,12H2/p+1. The van der Waals surface area contributed by atoms with Crippen LogP contribution in [0.1, 0.15) is 0 Å². The molecule has 0 aliphatic heterocycles. The molecule has 0 atom stereocenters. The van der Waals surface area contributed by atoms with E-state index in [-0.39, 0.29) is 6.54 Å². The molecule has 0 saturated carbocycles. The molecule has 0 bridgehead atoms. The summed E-state index contributed by atoms with van der Waals surface area (Å²) in [5.74, 6) is 0. The molecular formula is C14H13N4+. The highest BCUT2D eigenvalue weighted by Gasteiger charge is 2.05. The van der Waals surface area contributed by atoms with Crippen molar-refractivity contribution in [2.75, 3.05) is 12.0 Å². The quantitative estimate of drug-likeness (QED) is 0.384. The van der Waals surface area contributed by atoms with Crippen LogP contribution in [0.4, 0.5) is 11.4 Å². The molecule has 0 radical (unpaired) electrons. The van der Waals surface area contributed by atoms with E-state index in [1.165, 1.54) is 0 Å². The number of nitrogens with zero attached hydrogens (tertiary/aromatic N) is 3. The van der Waals surface area contributed by atoms with Crippen molar-refractivity contribution in [1.29, 1.82) is 5.26 Å². The van der Waals surface area contributed by atoms with Crippen molar-refractivity contribution >= 4 is 11.4 Å². The van der Waals surface area contributed by atoms with Crippen molar-refractivity contribution < 1.29 is 4.70 Å². The average Bonchev–Trinajstić information content (AvgIpc) is 2.45. The van der Waals surface area contributed by atoms with Crippen LogP contribution in [0, 0.1) is 11.3 Å². The molecular weight excluding hydrogens is 224 g/mol. The van der Waals surface area contributed by atoms with Crippen molar-refractivity contribution in [2.45, 2.75) is 0 Å². The molecule has 0 heterocycles. The number of benzene rings is 2. The Bertz CT molecular complexity index is 555. The van der Waals surface area contributed by atoms with Crippen molar-refractivity contribution in [3.63, 3.8) is 0 Å². The molecule has 2 aromatic carbocycles. The Balaban J connectivity index is 2.19. The molecule has 1 N–H and O–H groups in total. The van der Waals surface area contributed by atoms with Gasteiger partial charge in [0, 0.05) is 0 Å². The number of hydrogen-bond donors (Lipinski definition) is 1. The van der Waals surface area contributed by atoms with Gasteiger partial charge in [0.05, 0.1) is 5.22 Å². The molecule has 2 rings (SSSR count). The van der Waals surface area contributed by atoms with Gasteiger partial charge in [0.15, 0.2) is 12.2 Å². The minimum absolute atomic E-state index is 0.198. The predicted octanol–water partition coefficient (Wildman–Crippen LogP) is 3.33. The molecule has 0 aliphatic rings. The average molecular weight is 237 g/mol. The maximum atomic E-state index is 8.82. The fourth-order valence-corrected chi connectivity index (χ4v) is 1.48. The summed E-state index contributed by atoms with van der Waals surface area (Å²) in [5, 5.41) is 13.0. The first-order chi connectivity index (χ1) is 8.90. The smallest absolute Gasteiger partial charge is 0.194 e. The second-order valence-electron chi connectivity index (χ2n) is 3.63. The zero-order valence-electron chi connectivity index (χ0n) is 9.82. The monoisotopic (exact) mass is 237 g/mol. The van der Waals surface area contributed by atoms with E-state index in [0.29, 0.717) is 0 Å². The van der Waals surface area contributed by atoms with Crippen molar-refractivity contribution in [1.82, 2.24) is 0 Å². The molecule has 4 nitrogen and oxygen atoms in total. The highest BCUT2D eigenvalue weighted by atomic mass is 15.5. The van der Waals surface area contributed by atoms with E-state index in [9.17, 15) is 0 Å². The van der Waals surface area contributed by atoms with Crippen molar-refractivity contribution in [3.8, 4) is 6.07 Å². The maximum Gasteiger partial charge on any atom is 0.199 e. The van der Waals surface area contributed by atoms with Gasteiger partial charge in [-0.15, -0.1) is 10.1 Å². The number of hydrogen-bond acceptors (Lipinski definition) is 2. The number of rotatable bonds is 4. The Labute approximate surface area is 106 Å². The lowest BCUT2D eigenvalue weighted by molar-refractivity contribution is -0.499. The summed E-state index contributed by atoms with van der Waals surface area (Å²) in [6.45, 7) is 0.198. The fourth-order valence-electron chi connectivity index (χ4n) is 1.48. The van der Waals surface area contributed by atoms with E-state index < -0.39 is 0 Å². The van der Waals surface area contributed by atoms with Gasteiger partial charge in [-0.25, -0.2) is 0 Å². The topological polar surface area (TPSA) is 51.2 Å². The van der Waals surface area contributed by atoms with E-state index in [4.69, 9.17) is 5.26 Å². The third-order valence-corrected chi connectivity index (χ3v) is 2.35. The van der Waals surface area contributed by atoms with Crippen LogP contribution in [-0.2, 0) is 0 Å². The summed E-state index contributed by atoms with van der Waals surface area (Å²) < 4.78 is 1.62. The number of para-hydroxylation sites is 2. The molecule has 0 spiro atoms. The van der Waals surface area contributed by atoms with Gasteiger partial charge in [-0.3, -0.25) is 0 Å². The van der Waals surface area contributed by atoms with E-state index in [1.807, 2.05) is 60.7 Å². The predicted molar refractivity (Wildman–Crippen MR) is 69.3 cm³/mol. The third kappa shape index (κ3) is 3.16. The van der Waals surface area contributed by atoms with E-state index in [2.05, 4.69) is 16.7 Å². The molecule has 4 heteroatoms. The maximum absolute atomic E-state index is 8.82. The van der Waals surface area contributed by atoms with E-state index in [1.54, 1.807) is 4.70 Å². The first-order valence-corrected chi connectivity index (χ1v) is 5.61. The van der Waals surface area contributed by atoms with E-state index in [0.717, 1.165) is 11.4 Å². The van der Waals surface area contributed by atoms with Crippen LogP contribution in [0.5, 0.6) is 0 Å². The zero-order chi connectivity index (χ0) is 12.6. The molecule has 0 saturated heterocycles. The van der Waals surface area contributed by atoms with E-state index >= 15 is 0 Å². The fraction of sp³-hybridized carbons (Fsp3) is 0.0714. The summed E-state index contributed by atoms with van der Waals surface area (Å²) in [5.41, 5.74) is 4.69. The lowest BCUT2D eigenvalue weighted by Crippen LogP contribution is -2.06. The Morgan fingerprint density at radius 1 is 1.00 bits per heavy atom. The summed E-state index contributed by atoms with van der Waals surface area (Å²) in [6.07, 6.45) is 0. The van der Waals surface area contributed by atoms with Crippen LogP contribution < -0.4 is 5.43 Å². The lowest BCUT2D eigenvalue weighted by atomic mass is 10.3. The van der Waals surface area contributed by atoms with Gasteiger partial charge in [0.2, 0.25) is 0 Å². The van der Waals surface area contributed by atoms with Crippen LogP contribution >= 0.6 is 0 Å². The number of anilines is 1. The summed E-state index contributed by atoms with van der Waals surface area (Å²) >= 11 is 0. The van der Waals surface area contributed by atoms with Crippen LogP contribution in [-0.4, -0.2) is 11.2 Å². The second-order valence-corrected chi connectivity index (χ2v) is 3.63. The molecule has 0 aromatic heterocycles. The first kappa shape index (κ1) is 11.8. The van der Waals surface area contributed by atoms with Crippen LogP contribution in [0.15, 0.2) is 65.9 Å². The minimum atomic E-state index is 0.198. The largest absolute Gasteiger partial charge is 0.199 e. The van der Waals surface area contributed by atoms with Crippen LogP contribution in [0.2, 0.25) is 0 Å². The van der Waals surface area contributed by atoms with Gasteiger partial charge in [0.1, 0.15) is 11.8 Å². The van der Waals surface area contributed by atoms with Gasteiger partial charge in [-0.05, 0) is 24.3 Å². The Morgan fingerprint density at radius 3 is 2.22 bits per heavy atom. The Morgan fingerprint density at radius 2 is 1.61 bits per heavy atom. The molecule has 0 amide bonds. The molecule has 18 heavy (non-hydrogen) atoms. The summed E-state index contributed by atoms with van der Waals surface area (Å²) in [4.78, 5) is 0.